The largest absolute Gasteiger partial charge is 0.389 e. The first-order valence-electron chi connectivity index (χ1n) is 10.7. The van der Waals surface area contributed by atoms with Crippen LogP contribution in [-0.2, 0) is 10.2 Å². The Bertz CT molecular complexity index is 1010. The fraction of sp³-hybridized carbons (Fsp3) is 0.458. The standard InChI is InChI=1S/C24H31ClN4O3/c1-15(2)16-8-6-7-9-18(16)24(13-29(14-24)12-23(3,4)32)22(31)28-19-11-27-20(25)10-17(19)21(30)26-5/h6-11,15,32H,12-14H2,1-5H3,(H,26,30)(H,28,31). The predicted octanol–water partition coefficient (Wildman–Crippen LogP) is 3.18. The van der Waals surface area contributed by atoms with E-state index >= 15 is 0 Å². The average molecular weight is 459 g/mol. The molecule has 0 unspecified atom stereocenters. The Hall–Kier alpha value is -2.48. The molecule has 0 aliphatic carbocycles. The minimum Gasteiger partial charge on any atom is -0.389 e. The molecule has 3 rings (SSSR count). The predicted molar refractivity (Wildman–Crippen MR) is 126 cm³/mol. The van der Waals surface area contributed by atoms with Crippen LogP contribution in [0, 0.1) is 0 Å². The van der Waals surface area contributed by atoms with Crippen LogP contribution >= 0.6 is 11.6 Å². The van der Waals surface area contributed by atoms with Gasteiger partial charge in [0.05, 0.1) is 28.5 Å². The molecular weight excluding hydrogens is 428 g/mol. The highest BCUT2D eigenvalue weighted by Crippen LogP contribution is 2.40. The Labute approximate surface area is 194 Å². The molecule has 1 aliphatic rings. The molecule has 1 saturated heterocycles. The number of aliphatic hydroxyl groups is 1. The zero-order valence-electron chi connectivity index (χ0n) is 19.2. The topological polar surface area (TPSA) is 94.6 Å². The van der Waals surface area contributed by atoms with E-state index in [2.05, 4.69) is 34.4 Å². The van der Waals surface area contributed by atoms with E-state index in [0.717, 1.165) is 11.1 Å². The van der Waals surface area contributed by atoms with E-state index in [4.69, 9.17) is 11.6 Å². The Kier molecular flexibility index (Phi) is 6.93. The first-order valence-corrected chi connectivity index (χ1v) is 11.1. The van der Waals surface area contributed by atoms with Gasteiger partial charge in [0, 0.05) is 26.7 Å². The number of rotatable bonds is 7. The number of aromatic nitrogens is 1. The molecule has 1 fully saturated rings. The Morgan fingerprint density at radius 1 is 1.28 bits per heavy atom. The van der Waals surface area contributed by atoms with Crippen molar-refractivity contribution in [1.29, 1.82) is 0 Å². The molecule has 0 saturated carbocycles. The molecule has 1 aromatic carbocycles. The summed E-state index contributed by atoms with van der Waals surface area (Å²) in [7, 11) is 1.52. The third-order valence-corrected chi connectivity index (χ3v) is 5.93. The van der Waals surface area contributed by atoms with E-state index in [0.29, 0.717) is 25.3 Å². The molecule has 0 radical (unpaired) electrons. The van der Waals surface area contributed by atoms with Crippen molar-refractivity contribution in [2.45, 2.75) is 44.6 Å². The lowest BCUT2D eigenvalue weighted by Gasteiger charge is -2.51. The number of β-amino-alcohol motifs (C(OH)–C–C–N with tert-alkyl or cyclic N) is 1. The first-order chi connectivity index (χ1) is 15.0. The van der Waals surface area contributed by atoms with Crippen LogP contribution in [0.2, 0.25) is 5.15 Å². The lowest BCUT2D eigenvalue weighted by Crippen LogP contribution is -2.67. The minimum absolute atomic E-state index is 0.168. The Balaban J connectivity index is 2.00. The number of likely N-dealkylation sites (tertiary alicyclic amines) is 1. The molecule has 32 heavy (non-hydrogen) atoms. The smallest absolute Gasteiger partial charge is 0.253 e. The van der Waals surface area contributed by atoms with Crippen LogP contribution in [0.5, 0.6) is 0 Å². The highest BCUT2D eigenvalue weighted by Gasteiger charge is 2.52. The van der Waals surface area contributed by atoms with E-state index in [-0.39, 0.29) is 28.4 Å². The third-order valence-electron chi connectivity index (χ3n) is 5.72. The molecule has 2 heterocycles. The van der Waals surface area contributed by atoms with Crippen molar-refractivity contribution in [2.24, 2.45) is 0 Å². The van der Waals surface area contributed by atoms with Crippen molar-refractivity contribution < 1.29 is 14.7 Å². The molecule has 1 aliphatic heterocycles. The van der Waals surface area contributed by atoms with Crippen molar-refractivity contribution in [3.63, 3.8) is 0 Å². The van der Waals surface area contributed by atoms with Crippen molar-refractivity contribution in [3.05, 3.63) is 58.4 Å². The molecule has 2 aromatic rings. The number of halogens is 1. The molecule has 3 N–H and O–H groups in total. The number of hydrogen-bond acceptors (Lipinski definition) is 5. The number of anilines is 1. The zero-order valence-corrected chi connectivity index (χ0v) is 20.0. The Morgan fingerprint density at radius 3 is 2.53 bits per heavy atom. The van der Waals surface area contributed by atoms with Crippen molar-refractivity contribution in [1.82, 2.24) is 15.2 Å². The van der Waals surface area contributed by atoms with Crippen LogP contribution in [0.15, 0.2) is 36.5 Å². The van der Waals surface area contributed by atoms with Gasteiger partial charge in [0.15, 0.2) is 0 Å². The molecule has 0 atom stereocenters. The summed E-state index contributed by atoms with van der Waals surface area (Å²) in [5, 5.41) is 15.9. The molecular formula is C24H31ClN4O3. The third kappa shape index (κ3) is 4.95. The number of carbonyl (C=O) groups excluding carboxylic acids is 2. The highest BCUT2D eigenvalue weighted by molar-refractivity contribution is 6.30. The second kappa shape index (κ2) is 9.17. The molecule has 0 bridgehead atoms. The summed E-state index contributed by atoms with van der Waals surface area (Å²) in [5.74, 6) is -0.344. The van der Waals surface area contributed by atoms with Gasteiger partial charge in [0.2, 0.25) is 5.91 Å². The quantitative estimate of drug-likeness (QED) is 0.554. The maximum atomic E-state index is 13.8. The van der Waals surface area contributed by atoms with Gasteiger partial charge in [-0.05, 0) is 37.0 Å². The van der Waals surface area contributed by atoms with Crippen LogP contribution in [0.4, 0.5) is 5.69 Å². The van der Waals surface area contributed by atoms with Gasteiger partial charge in [-0.15, -0.1) is 0 Å². The number of amides is 2. The normalized spacial score (nSPS) is 15.9. The van der Waals surface area contributed by atoms with Crippen molar-refractivity contribution >= 4 is 29.1 Å². The zero-order chi connectivity index (χ0) is 23.7. The number of pyridine rings is 1. The minimum atomic E-state index is -0.868. The van der Waals surface area contributed by atoms with Gasteiger partial charge in [0.25, 0.3) is 5.91 Å². The number of benzene rings is 1. The number of nitrogens with one attached hydrogen (secondary N) is 2. The van der Waals surface area contributed by atoms with E-state index in [1.165, 1.54) is 19.3 Å². The maximum absolute atomic E-state index is 13.8. The van der Waals surface area contributed by atoms with Gasteiger partial charge >= 0.3 is 0 Å². The fourth-order valence-corrected chi connectivity index (χ4v) is 4.50. The monoisotopic (exact) mass is 458 g/mol. The molecule has 172 valence electrons. The summed E-state index contributed by atoms with van der Waals surface area (Å²) in [6.07, 6.45) is 1.40. The van der Waals surface area contributed by atoms with Gasteiger partial charge < -0.3 is 15.7 Å². The van der Waals surface area contributed by atoms with Gasteiger partial charge in [-0.1, -0.05) is 49.7 Å². The molecule has 8 heteroatoms. The van der Waals surface area contributed by atoms with Crippen molar-refractivity contribution in [3.8, 4) is 0 Å². The number of hydrogen-bond donors (Lipinski definition) is 3. The summed E-state index contributed by atoms with van der Waals surface area (Å²) in [5.41, 5.74) is 0.939. The van der Waals surface area contributed by atoms with E-state index in [1.54, 1.807) is 13.8 Å². The number of carbonyl (C=O) groups is 2. The SMILES string of the molecule is CNC(=O)c1cc(Cl)ncc1NC(=O)C1(c2ccccc2C(C)C)CN(CC(C)(C)O)C1. The van der Waals surface area contributed by atoms with E-state index < -0.39 is 11.0 Å². The first kappa shape index (κ1) is 24.2. The van der Waals surface area contributed by atoms with Crippen molar-refractivity contribution in [2.75, 3.05) is 32.0 Å². The molecule has 0 spiro atoms. The maximum Gasteiger partial charge on any atom is 0.253 e. The summed E-state index contributed by atoms with van der Waals surface area (Å²) < 4.78 is 0. The lowest BCUT2D eigenvalue weighted by atomic mass is 9.69. The van der Waals surface area contributed by atoms with E-state index in [9.17, 15) is 14.7 Å². The Morgan fingerprint density at radius 2 is 1.94 bits per heavy atom. The summed E-state index contributed by atoms with van der Waals surface area (Å²) >= 11 is 5.98. The van der Waals surface area contributed by atoms with Crippen LogP contribution in [0.3, 0.4) is 0 Å². The van der Waals surface area contributed by atoms with Gasteiger partial charge in [-0.25, -0.2) is 4.98 Å². The van der Waals surface area contributed by atoms with Crippen LogP contribution in [0.1, 0.15) is 55.1 Å². The van der Waals surface area contributed by atoms with E-state index in [1.807, 2.05) is 24.3 Å². The van der Waals surface area contributed by atoms with Crippen LogP contribution < -0.4 is 10.6 Å². The number of nitrogens with zero attached hydrogens (tertiary/aromatic N) is 2. The van der Waals surface area contributed by atoms with Gasteiger partial charge in [-0.3, -0.25) is 14.5 Å². The highest BCUT2D eigenvalue weighted by atomic mass is 35.5. The molecule has 2 amide bonds. The van der Waals surface area contributed by atoms with Gasteiger partial charge in [-0.2, -0.15) is 0 Å². The average Bonchev–Trinajstić information content (AvgIpc) is 2.70. The lowest BCUT2D eigenvalue weighted by molar-refractivity contribution is -0.130. The molecule has 1 aromatic heterocycles. The second-order valence-corrected chi connectivity index (χ2v) is 9.75. The summed E-state index contributed by atoms with van der Waals surface area (Å²) in [4.78, 5) is 32.2. The second-order valence-electron chi connectivity index (χ2n) is 9.37. The fourth-order valence-electron chi connectivity index (χ4n) is 4.34. The summed E-state index contributed by atoms with van der Waals surface area (Å²) in [6.45, 7) is 9.09. The van der Waals surface area contributed by atoms with Gasteiger partial charge in [0.1, 0.15) is 5.15 Å². The molecule has 7 nitrogen and oxygen atoms in total. The van der Waals surface area contributed by atoms with Crippen LogP contribution in [0.25, 0.3) is 0 Å². The van der Waals surface area contributed by atoms with Crippen LogP contribution in [-0.4, -0.2) is 59.1 Å². The summed E-state index contributed by atoms with van der Waals surface area (Å²) in [6, 6.07) is 9.40.